The Morgan fingerprint density at radius 1 is 0.968 bits per heavy atom. The summed E-state index contributed by atoms with van der Waals surface area (Å²) in [7, 11) is -2.03. The van der Waals surface area contributed by atoms with Gasteiger partial charge in [0, 0.05) is 24.8 Å². The van der Waals surface area contributed by atoms with Crippen molar-refractivity contribution in [3.8, 4) is 5.75 Å². The average Bonchev–Trinajstić information content (AvgIpc) is 2.78. The first kappa shape index (κ1) is 21.7. The van der Waals surface area contributed by atoms with Gasteiger partial charge in [-0.1, -0.05) is 31.2 Å². The third kappa shape index (κ3) is 4.86. The molecule has 31 heavy (non-hydrogen) atoms. The fourth-order valence-corrected chi connectivity index (χ4v) is 5.37. The van der Waals surface area contributed by atoms with E-state index < -0.39 is 10.0 Å². The summed E-state index contributed by atoms with van der Waals surface area (Å²) in [4.78, 5) is 2.67. The lowest BCUT2D eigenvalue weighted by atomic mass is 9.98. The Labute approximate surface area is 185 Å². The molecule has 5 nitrogen and oxygen atoms in total. The van der Waals surface area contributed by atoms with Crippen LogP contribution < -0.4 is 14.4 Å². The van der Waals surface area contributed by atoms with Gasteiger partial charge in [0.1, 0.15) is 5.75 Å². The molecule has 1 aliphatic heterocycles. The maximum Gasteiger partial charge on any atom is 0.241 e. The van der Waals surface area contributed by atoms with E-state index in [1.54, 1.807) is 19.2 Å². The highest BCUT2D eigenvalue weighted by Gasteiger charge is 2.20. The zero-order chi connectivity index (χ0) is 22.0. The fourth-order valence-electron chi connectivity index (χ4n) is 4.11. The standard InChI is InChI=1S/C25H30N2O3S/c1-18-12-14-27(15-13-18)23-8-4-20(5-9-23)19(2)26-31(28,29)25-11-7-21-16-24(30-3)10-6-22(21)17-25/h4-11,16-19,26H,12-15H2,1-3H3/t19-/m0/s1. The highest BCUT2D eigenvalue weighted by Crippen LogP contribution is 2.27. The minimum Gasteiger partial charge on any atom is -0.497 e. The third-order valence-electron chi connectivity index (χ3n) is 6.20. The van der Waals surface area contributed by atoms with Gasteiger partial charge in [0.25, 0.3) is 0 Å². The molecule has 0 spiro atoms. The van der Waals surface area contributed by atoms with Crippen molar-refractivity contribution in [1.29, 1.82) is 0 Å². The van der Waals surface area contributed by atoms with Crippen LogP contribution in [0.1, 0.15) is 38.3 Å². The molecule has 3 aromatic carbocycles. The summed E-state index contributed by atoms with van der Waals surface area (Å²) in [5.74, 6) is 1.54. The largest absolute Gasteiger partial charge is 0.497 e. The first-order valence-corrected chi connectivity index (χ1v) is 12.3. The van der Waals surface area contributed by atoms with Gasteiger partial charge >= 0.3 is 0 Å². The minimum absolute atomic E-state index is 0.260. The van der Waals surface area contributed by atoms with Gasteiger partial charge in [-0.3, -0.25) is 0 Å². The molecule has 4 rings (SSSR count). The van der Waals surface area contributed by atoms with Crippen LogP contribution in [-0.4, -0.2) is 28.6 Å². The smallest absolute Gasteiger partial charge is 0.241 e. The van der Waals surface area contributed by atoms with Crippen LogP contribution in [0, 0.1) is 5.92 Å². The number of hydrogen-bond acceptors (Lipinski definition) is 4. The van der Waals surface area contributed by atoms with Crippen molar-refractivity contribution in [2.24, 2.45) is 5.92 Å². The number of piperidine rings is 1. The molecule has 6 heteroatoms. The van der Waals surface area contributed by atoms with Crippen LogP contribution in [0.25, 0.3) is 10.8 Å². The highest BCUT2D eigenvalue weighted by atomic mass is 32.2. The summed E-state index contributed by atoms with van der Waals surface area (Å²) in [6, 6.07) is 18.7. The van der Waals surface area contributed by atoms with Crippen LogP contribution in [-0.2, 0) is 10.0 Å². The summed E-state index contributed by atoms with van der Waals surface area (Å²) in [6.45, 7) is 6.34. The van der Waals surface area contributed by atoms with Crippen LogP contribution in [0.5, 0.6) is 5.75 Å². The van der Waals surface area contributed by atoms with E-state index in [-0.39, 0.29) is 10.9 Å². The lowest BCUT2D eigenvalue weighted by molar-refractivity contribution is 0.415. The summed E-state index contributed by atoms with van der Waals surface area (Å²) >= 11 is 0. The molecule has 0 bridgehead atoms. The fraction of sp³-hybridized carbons (Fsp3) is 0.360. The Kier molecular flexibility index (Phi) is 6.21. The number of benzene rings is 3. The molecule has 164 valence electrons. The predicted molar refractivity (Wildman–Crippen MR) is 126 cm³/mol. The van der Waals surface area contributed by atoms with Crippen molar-refractivity contribution in [2.75, 3.05) is 25.1 Å². The second kappa shape index (κ2) is 8.89. The van der Waals surface area contributed by atoms with Crippen molar-refractivity contribution in [2.45, 2.75) is 37.6 Å². The summed E-state index contributed by atoms with van der Waals surface area (Å²) in [5.41, 5.74) is 2.15. The number of hydrogen-bond donors (Lipinski definition) is 1. The van der Waals surface area contributed by atoms with E-state index in [1.165, 1.54) is 18.5 Å². The number of ether oxygens (including phenoxy) is 1. The van der Waals surface area contributed by atoms with E-state index >= 15 is 0 Å². The number of anilines is 1. The molecule has 0 amide bonds. The van der Waals surface area contributed by atoms with Crippen molar-refractivity contribution in [3.05, 3.63) is 66.2 Å². The second-order valence-electron chi connectivity index (χ2n) is 8.48. The van der Waals surface area contributed by atoms with Crippen LogP contribution in [0.4, 0.5) is 5.69 Å². The van der Waals surface area contributed by atoms with E-state index in [0.29, 0.717) is 0 Å². The monoisotopic (exact) mass is 438 g/mol. The maximum atomic E-state index is 13.0. The molecule has 1 atom stereocenters. The highest BCUT2D eigenvalue weighted by molar-refractivity contribution is 7.89. The van der Waals surface area contributed by atoms with Crippen LogP contribution in [0.3, 0.4) is 0 Å². The van der Waals surface area contributed by atoms with Crippen molar-refractivity contribution in [3.63, 3.8) is 0 Å². The van der Waals surface area contributed by atoms with E-state index in [0.717, 1.165) is 41.1 Å². The predicted octanol–water partition coefficient (Wildman–Crippen LogP) is 5.12. The van der Waals surface area contributed by atoms with Crippen LogP contribution in [0.2, 0.25) is 0 Å². The Balaban J connectivity index is 1.48. The van der Waals surface area contributed by atoms with E-state index in [2.05, 4.69) is 28.7 Å². The van der Waals surface area contributed by atoms with Gasteiger partial charge in [0.05, 0.1) is 12.0 Å². The molecular formula is C25H30N2O3S. The zero-order valence-corrected chi connectivity index (χ0v) is 19.2. The molecule has 1 heterocycles. The first-order valence-electron chi connectivity index (χ1n) is 10.8. The van der Waals surface area contributed by atoms with Gasteiger partial charge in [-0.15, -0.1) is 0 Å². The average molecular weight is 439 g/mol. The molecule has 1 N–H and O–H groups in total. The summed E-state index contributed by atoms with van der Waals surface area (Å²) in [5, 5.41) is 1.80. The maximum absolute atomic E-state index is 13.0. The molecule has 1 aliphatic rings. The van der Waals surface area contributed by atoms with Crippen LogP contribution >= 0.6 is 0 Å². The Morgan fingerprint density at radius 3 is 2.29 bits per heavy atom. The first-order chi connectivity index (χ1) is 14.9. The van der Waals surface area contributed by atoms with Gasteiger partial charge in [-0.05, 0) is 78.4 Å². The number of nitrogens with zero attached hydrogens (tertiary/aromatic N) is 1. The molecule has 0 radical (unpaired) electrons. The number of nitrogens with one attached hydrogen (secondary N) is 1. The number of rotatable bonds is 6. The molecule has 0 saturated carbocycles. The Morgan fingerprint density at radius 2 is 1.61 bits per heavy atom. The topological polar surface area (TPSA) is 58.6 Å². The third-order valence-corrected chi connectivity index (χ3v) is 7.74. The number of sulfonamides is 1. The van der Waals surface area contributed by atoms with E-state index in [1.807, 2.05) is 43.3 Å². The minimum atomic E-state index is -3.64. The lowest BCUT2D eigenvalue weighted by Crippen LogP contribution is -2.32. The van der Waals surface area contributed by atoms with Crippen molar-refractivity contribution < 1.29 is 13.2 Å². The zero-order valence-electron chi connectivity index (χ0n) is 18.3. The lowest BCUT2D eigenvalue weighted by Gasteiger charge is -2.32. The van der Waals surface area contributed by atoms with Gasteiger partial charge in [0.2, 0.25) is 10.0 Å². The summed E-state index contributed by atoms with van der Waals surface area (Å²) in [6.07, 6.45) is 2.44. The normalized spacial score (nSPS) is 16.4. The molecule has 3 aromatic rings. The number of fused-ring (bicyclic) bond motifs is 1. The molecule has 0 aromatic heterocycles. The van der Waals surface area contributed by atoms with Crippen molar-refractivity contribution >= 4 is 26.5 Å². The van der Waals surface area contributed by atoms with Gasteiger partial charge in [-0.25, -0.2) is 13.1 Å². The van der Waals surface area contributed by atoms with Gasteiger partial charge < -0.3 is 9.64 Å². The van der Waals surface area contributed by atoms with Crippen LogP contribution in [0.15, 0.2) is 65.6 Å². The van der Waals surface area contributed by atoms with Crippen molar-refractivity contribution in [1.82, 2.24) is 4.72 Å². The molecular weight excluding hydrogens is 408 g/mol. The SMILES string of the molecule is COc1ccc2cc(S(=O)(=O)N[C@@H](C)c3ccc(N4CCC(C)CC4)cc3)ccc2c1. The van der Waals surface area contributed by atoms with E-state index in [4.69, 9.17) is 4.74 Å². The number of methoxy groups -OCH3 is 1. The molecule has 0 unspecified atom stereocenters. The van der Waals surface area contributed by atoms with Gasteiger partial charge in [0.15, 0.2) is 0 Å². The quantitative estimate of drug-likeness (QED) is 0.580. The Hall–Kier alpha value is -2.57. The second-order valence-corrected chi connectivity index (χ2v) is 10.2. The van der Waals surface area contributed by atoms with E-state index in [9.17, 15) is 8.42 Å². The summed E-state index contributed by atoms with van der Waals surface area (Å²) < 4.78 is 34.0. The molecule has 1 fully saturated rings. The van der Waals surface area contributed by atoms with Gasteiger partial charge in [-0.2, -0.15) is 0 Å². The molecule has 1 saturated heterocycles. The molecule has 0 aliphatic carbocycles. The Bertz CT molecular complexity index is 1150.